The van der Waals surface area contributed by atoms with E-state index < -0.39 is 0 Å². The van der Waals surface area contributed by atoms with Crippen molar-refractivity contribution in [3.8, 4) is 0 Å². The molecule has 0 spiro atoms. The van der Waals surface area contributed by atoms with Crippen molar-refractivity contribution >= 4 is 29.3 Å². The molecule has 158 valence electrons. The van der Waals surface area contributed by atoms with Gasteiger partial charge in [0.1, 0.15) is 5.82 Å². The minimum atomic E-state index is 0.232. The van der Waals surface area contributed by atoms with E-state index >= 15 is 0 Å². The van der Waals surface area contributed by atoms with Crippen molar-refractivity contribution in [2.45, 2.75) is 32.4 Å². The average Bonchev–Trinajstić information content (AvgIpc) is 3.62. The molecule has 1 saturated carbocycles. The molecule has 0 atom stereocenters. The molecule has 2 N–H and O–H groups in total. The summed E-state index contributed by atoms with van der Waals surface area (Å²) in [5, 5.41) is 7.61. The number of benzene rings is 1. The Morgan fingerprint density at radius 1 is 1.20 bits per heavy atom. The standard InChI is InChI=1S/C22H27ClN6O/c23-17-3-1-2-15(12-17)13-25-20-18-14-29(21(30)16-4-5-16)9-6-19(18)26-22(27-20)28-10-7-24-8-11-28/h1-3,12,16,24H,4-11,13-14H2,(H,25,26,27). The number of halogens is 1. The van der Waals surface area contributed by atoms with Gasteiger partial charge in [0.05, 0.1) is 12.2 Å². The highest BCUT2D eigenvalue weighted by Gasteiger charge is 2.35. The van der Waals surface area contributed by atoms with Crippen molar-refractivity contribution in [1.29, 1.82) is 0 Å². The van der Waals surface area contributed by atoms with Gasteiger partial charge in [-0.25, -0.2) is 4.98 Å². The van der Waals surface area contributed by atoms with Crippen LogP contribution in [0.5, 0.6) is 0 Å². The molecule has 30 heavy (non-hydrogen) atoms. The molecule has 1 saturated heterocycles. The number of nitrogens with one attached hydrogen (secondary N) is 2. The number of amides is 1. The van der Waals surface area contributed by atoms with Gasteiger partial charge in [0.2, 0.25) is 11.9 Å². The zero-order valence-corrected chi connectivity index (χ0v) is 17.8. The molecule has 8 heteroatoms. The van der Waals surface area contributed by atoms with E-state index in [1.165, 1.54) is 0 Å². The summed E-state index contributed by atoms with van der Waals surface area (Å²) in [5.74, 6) is 2.13. The first kappa shape index (κ1) is 19.6. The molecule has 0 radical (unpaired) electrons. The largest absolute Gasteiger partial charge is 0.366 e. The van der Waals surface area contributed by atoms with Gasteiger partial charge in [-0.1, -0.05) is 23.7 Å². The van der Waals surface area contributed by atoms with Crippen LogP contribution < -0.4 is 15.5 Å². The fourth-order valence-corrected chi connectivity index (χ4v) is 4.38. The lowest BCUT2D eigenvalue weighted by Gasteiger charge is -2.32. The number of rotatable bonds is 5. The van der Waals surface area contributed by atoms with Gasteiger partial charge >= 0.3 is 0 Å². The highest BCUT2D eigenvalue weighted by molar-refractivity contribution is 6.30. The summed E-state index contributed by atoms with van der Waals surface area (Å²) >= 11 is 6.15. The first-order valence-electron chi connectivity index (χ1n) is 10.8. The Balaban J connectivity index is 1.43. The molecule has 3 aliphatic rings. The number of anilines is 2. The summed E-state index contributed by atoms with van der Waals surface area (Å²) in [7, 11) is 0. The van der Waals surface area contributed by atoms with Gasteiger partial charge in [0, 0.05) is 62.2 Å². The van der Waals surface area contributed by atoms with Crippen LogP contribution >= 0.6 is 11.6 Å². The third-order valence-corrected chi connectivity index (χ3v) is 6.27. The average molecular weight is 427 g/mol. The van der Waals surface area contributed by atoms with Crippen LogP contribution in [0, 0.1) is 5.92 Å². The highest BCUT2D eigenvalue weighted by atomic mass is 35.5. The van der Waals surface area contributed by atoms with Crippen LogP contribution in [-0.2, 0) is 24.3 Å². The van der Waals surface area contributed by atoms with Crippen LogP contribution in [0.1, 0.15) is 29.7 Å². The van der Waals surface area contributed by atoms with Gasteiger partial charge in [-0.15, -0.1) is 0 Å². The Morgan fingerprint density at radius 2 is 2.03 bits per heavy atom. The predicted molar refractivity (Wildman–Crippen MR) is 118 cm³/mol. The first-order valence-corrected chi connectivity index (χ1v) is 11.2. The van der Waals surface area contributed by atoms with Crippen LogP contribution in [-0.4, -0.2) is 53.5 Å². The molecule has 1 aromatic heterocycles. The fourth-order valence-electron chi connectivity index (χ4n) is 4.16. The summed E-state index contributed by atoms with van der Waals surface area (Å²) < 4.78 is 0. The van der Waals surface area contributed by atoms with Crippen molar-refractivity contribution in [3.05, 3.63) is 46.1 Å². The Bertz CT molecular complexity index is 941. The van der Waals surface area contributed by atoms with E-state index in [0.29, 0.717) is 13.1 Å². The van der Waals surface area contributed by atoms with E-state index in [1.807, 2.05) is 29.2 Å². The summed E-state index contributed by atoms with van der Waals surface area (Å²) in [4.78, 5) is 26.7. The summed E-state index contributed by atoms with van der Waals surface area (Å²) in [5.41, 5.74) is 3.21. The van der Waals surface area contributed by atoms with Crippen LogP contribution in [0.3, 0.4) is 0 Å². The smallest absolute Gasteiger partial charge is 0.227 e. The zero-order chi connectivity index (χ0) is 20.5. The van der Waals surface area contributed by atoms with Gasteiger partial charge in [-0.05, 0) is 30.5 Å². The number of piperazine rings is 1. The normalized spacial score (nSPS) is 18.8. The number of carbonyl (C=O) groups is 1. The van der Waals surface area contributed by atoms with Crippen LogP contribution in [0.25, 0.3) is 0 Å². The van der Waals surface area contributed by atoms with Crippen LogP contribution in [0.4, 0.5) is 11.8 Å². The van der Waals surface area contributed by atoms with E-state index in [-0.39, 0.29) is 11.8 Å². The minimum absolute atomic E-state index is 0.232. The molecule has 2 fully saturated rings. The molecule has 1 amide bonds. The molecule has 2 aromatic rings. The maximum atomic E-state index is 12.6. The van der Waals surface area contributed by atoms with Gasteiger partial charge in [0.15, 0.2) is 0 Å². The number of fused-ring (bicyclic) bond motifs is 1. The molecule has 3 heterocycles. The fraction of sp³-hybridized carbons (Fsp3) is 0.500. The number of hydrogen-bond acceptors (Lipinski definition) is 6. The molecule has 1 aromatic carbocycles. The molecule has 5 rings (SSSR count). The van der Waals surface area contributed by atoms with Crippen molar-refractivity contribution < 1.29 is 4.79 Å². The van der Waals surface area contributed by atoms with E-state index in [4.69, 9.17) is 21.6 Å². The second-order valence-corrected chi connectivity index (χ2v) is 8.74. The van der Waals surface area contributed by atoms with Crippen LogP contribution in [0.2, 0.25) is 5.02 Å². The number of carbonyl (C=O) groups excluding carboxylic acids is 1. The van der Waals surface area contributed by atoms with Crippen molar-refractivity contribution in [3.63, 3.8) is 0 Å². The number of nitrogens with zero attached hydrogens (tertiary/aromatic N) is 4. The Kier molecular flexibility index (Phi) is 5.48. The summed E-state index contributed by atoms with van der Waals surface area (Å²) in [6, 6.07) is 7.84. The maximum absolute atomic E-state index is 12.6. The van der Waals surface area contributed by atoms with E-state index in [2.05, 4.69) is 15.5 Å². The number of aromatic nitrogens is 2. The molecule has 0 unspecified atom stereocenters. The first-order chi connectivity index (χ1) is 14.7. The summed E-state index contributed by atoms with van der Waals surface area (Å²) in [6.07, 6.45) is 2.84. The lowest BCUT2D eigenvalue weighted by Crippen LogP contribution is -2.45. The molecule has 7 nitrogen and oxygen atoms in total. The quantitative estimate of drug-likeness (QED) is 0.765. The SMILES string of the molecule is O=C(C1CC1)N1CCc2nc(N3CCNCC3)nc(NCc3cccc(Cl)c3)c2C1. The van der Waals surface area contributed by atoms with Crippen molar-refractivity contribution in [1.82, 2.24) is 20.2 Å². The molecular weight excluding hydrogens is 400 g/mol. The monoisotopic (exact) mass is 426 g/mol. The molecule has 2 aliphatic heterocycles. The second-order valence-electron chi connectivity index (χ2n) is 8.30. The molecule has 0 bridgehead atoms. The summed E-state index contributed by atoms with van der Waals surface area (Å²) in [6.45, 7) is 5.64. The maximum Gasteiger partial charge on any atom is 0.227 e. The topological polar surface area (TPSA) is 73.4 Å². The van der Waals surface area contributed by atoms with Crippen LogP contribution in [0.15, 0.2) is 24.3 Å². The molecular formula is C22H27ClN6O. The lowest BCUT2D eigenvalue weighted by molar-refractivity contribution is -0.133. The minimum Gasteiger partial charge on any atom is -0.366 e. The lowest BCUT2D eigenvalue weighted by atomic mass is 10.1. The van der Waals surface area contributed by atoms with Crippen molar-refractivity contribution in [2.75, 3.05) is 42.9 Å². The van der Waals surface area contributed by atoms with E-state index in [9.17, 15) is 4.79 Å². The third kappa shape index (κ3) is 4.23. The highest BCUT2D eigenvalue weighted by Crippen LogP contribution is 2.34. The van der Waals surface area contributed by atoms with E-state index in [0.717, 1.165) is 85.6 Å². The zero-order valence-electron chi connectivity index (χ0n) is 17.0. The van der Waals surface area contributed by atoms with Gasteiger partial charge < -0.3 is 20.4 Å². The third-order valence-electron chi connectivity index (χ3n) is 6.04. The predicted octanol–water partition coefficient (Wildman–Crippen LogP) is 2.45. The van der Waals surface area contributed by atoms with E-state index in [1.54, 1.807) is 0 Å². The Labute approximate surface area is 181 Å². The number of hydrogen-bond donors (Lipinski definition) is 2. The van der Waals surface area contributed by atoms with Gasteiger partial charge in [-0.3, -0.25) is 4.79 Å². The molecule has 1 aliphatic carbocycles. The Hall–Kier alpha value is -2.38. The van der Waals surface area contributed by atoms with Crippen molar-refractivity contribution in [2.24, 2.45) is 5.92 Å². The second kappa shape index (κ2) is 8.40. The Morgan fingerprint density at radius 3 is 2.80 bits per heavy atom. The van der Waals surface area contributed by atoms with Gasteiger partial charge in [-0.2, -0.15) is 4.98 Å². The van der Waals surface area contributed by atoms with Gasteiger partial charge in [0.25, 0.3) is 0 Å².